The van der Waals surface area contributed by atoms with Crippen molar-refractivity contribution < 1.29 is 23.7 Å². The highest BCUT2D eigenvalue weighted by atomic mass is 16.7. The molecule has 220 valence electrons. The summed E-state index contributed by atoms with van der Waals surface area (Å²) in [6, 6.07) is 7.28. The van der Waals surface area contributed by atoms with Crippen molar-refractivity contribution in [1.29, 1.82) is 0 Å². The van der Waals surface area contributed by atoms with E-state index >= 15 is 0 Å². The molecule has 0 radical (unpaired) electrons. The number of carbonyl (C=O) groups is 1. The molecule has 2 saturated heterocycles. The van der Waals surface area contributed by atoms with Gasteiger partial charge < -0.3 is 18.9 Å². The van der Waals surface area contributed by atoms with E-state index in [9.17, 15) is 4.79 Å². The smallest absolute Gasteiger partial charge is 0.338 e. The number of methoxy groups -OCH3 is 1. The molecule has 1 spiro atoms. The lowest BCUT2D eigenvalue weighted by Crippen LogP contribution is -2.55. The number of hydrogen-bond donors (Lipinski definition) is 0. The van der Waals surface area contributed by atoms with Gasteiger partial charge in [-0.3, -0.25) is 0 Å². The average Bonchev–Trinajstić information content (AvgIpc) is 3.40. The third kappa shape index (κ3) is 4.03. The SMILES string of the molecule is COc1ccc(C(=O)O[C@@H]2CC[C@@]3(C)[C@@H](CC[C@@H]4[C@H]3CC[C@]3(C)[C@@H]5[C@H](C[C@H]43)O[C@]3(CC[C@@H](C)CO3)[C@H]5C)C2)cc1. The van der Waals surface area contributed by atoms with Gasteiger partial charge in [0, 0.05) is 12.3 Å². The fraction of sp³-hybridized carbons (Fsp3) is 0.800. The fourth-order valence-electron chi connectivity index (χ4n) is 11.3. The molecule has 2 heterocycles. The van der Waals surface area contributed by atoms with E-state index < -0.39 is 0 Å². The molecule has 6 aliphatic rings. The minimum atomic E-state index is -0.321. The van der Waals surface area contributed by atoms with Gasteiger partial charge in [0.15, 0.2) is 5.79 Å². The normalized spacial score (nSPS) is 49.5. The molecule has 6 fully saturated rings. The molecule has 40 heavy (non-hydrogen) atoms. The van der Waals surface area contributed by atoms with Crippen molar-refractivity contribution in [1.82, 2.24) is 0 Å². The molecule has 2 aliphatic heterocycles. The standard InChI is InChI=1S/C35H50O5/c1-21-12-17-35(38-20-21)22(2)31-30(40-35)19-29-27-11-8-24-18-26(39-32(36)23-6-9-25(37-5)10-7-23)13-15-33(24,3)28(27)14-16-34(29,31)4/h6-7,9-10,21-22,24,26-31H,8,11-20H2,1-5H3/t21-,22+,24+,26-,27-,28-,29-,30+,31+,33+,34+,35-/m1/s1. The molecule has 7 rings (SSSR count). The molecule has 0 N–H and O–H groups in total. The Balaban J connectivity index is 1.03. The van der Waals surface area contributed by atoms with Gasteiger partial charge in [0.2, 0.25) is 0 Å². The second-order valence-corrected chi connectivity index (χ2v) is 15.2. The predicted molar refractivity (Wildman–Crippen MR) is 154 cm³/mol. The van der Waals surface area contributed by atoms with Crippen LogP contribution in [0.25, 0.3) is 0 Å². The average molecular weight is 551 g/mol. The summed E-state index contributed by atoms with van der Waals surface area (Å²) < 4.78 is 24.8. The maximum Gasteiger partial charge on any atom is 0.338 e. The lowest BCUT2D eigenvalue weighted by atomic mass is 9.44. The lowest BCUT2D eigenvalue weighted by molar-refractivity contribution is -0.273. The second kappa shape index (κ2) is 9.73. The first-order chi connectivity index (χ1) is 19.2. The molecular formula is C35H50O5. The summed E-state index contributed by atoms with van der Waals surface area (Å²) in [5.74, 6) is 5.03. The van der Waals surface area contributed by atoms with Gasteiger partial charge in [-0.25, -0.2) is 4.79 Å². The molecule has 4 saturated carbocycles. The van der Waals surface area contributed by atoms with Gasteiger partial charge in [-0.05, 0) is 128 Å². The van der Waals surface area contributed by atoms with Crippen LogP contribution in [0, 0.1) is 52.3 Å². The Morgan fingerprint density at radius 2 is 1.68 bits per heavy atom. The van der Waals surface area contributed by atoms with E-state index in [2.05, 4.69) is 27.7 Å². The second-order valence-electron chi connectivity index (χ2n) is 15.2. The van der Waals surface area contributed by atoms with Gasteiger partial charge in [-0.15, -0.1) is 0 Å². The van der Waals surface area contributed by atoms with Gasteiger partial charge in [0.1, 0.15) is 11.9 Å². The minimum Gasteiger partial charge on any atom is -0.497 e. The van der Waals surface area contributed by atoms with Crippen LogP contribution in [0.2, 0.25) is 0 Å². The van der Waals surface area contributed by atoms with Crippen molar-refractivity contribution >= 4 is 5.97 Å². The molecule has 1 aromatic rings. The number of fused-ring (bicyclic) bond motifs is 7. The van der Waals surface area contributed by atoms with Crippen LogP contribution in [0.4, 0.5) is 0 Å². The number of ether oxygens (including phenoxy) is 4. The molecule has 12 atom stereocenters. The Morgan fingerprint density at radius 1 is 0.900 bits per heavy atom. The summed E-state index contributed by atoms with van der Waals surface area (Å²) in [5.41, 5.74) is 1.35. The highest BCUT2D eigenvalue weighted by Gasteiger charge is 2.69. The van der Waals surface area contributed by atoms with Crippen molar-refractivity contribution in [2.45, 2.75) is 110 Å². The Kier molecular flexibility index (Phi) is 6.63. The molecule has 0 aromatic heterocycles. The Morgan fingerprint density at radius 3 is 2.40 bits per heavy atom. The Hall–Kier alpha value is -1.59. The molecule has 4 aliphatic carbocycles. The largest absolute Gasteiger partial charge is 0.497 e. The van der Waals surface area contributed by atoms with Gasteiger partial charge >= 0.3 is 5.97 Å². The third-order valence-electron chi connectivity index (χ3n) is 13.5. The number of hydrogen-bond acceptors (Lipinski definition) is 5. The van der Waals surface area contributed by atoms with Gasteiger partial charge in [-0.1, -0.05) is 27.7 Å². The molecular weight excluding hydrogens is 500 g/mol. The number of carbonyl (C=O) groups excluding carboxylic acids is 1. The topological polar surface area (TPSA) is 54.0 Å². The number of rotatable bonds is 3. The Bertz CT molecular complexity index is 1110. The highest BCUT2D eigenvalue weighted by molar-refractivity contribution is 5.89. The zero-order valence-electron chi connectivity index (χ0n) is 25.3. The van der Waals surface area contributed by atoms with E-state index in [0.717, 1.165) is 49.4 Å². The van der Waals surface area contributed by atoms with Crippen molar-refractivity contribution in [3.63, 3.8) is 0 Å². The van der Waals surface area contributed by atoms with Crippen LogP contribution in [-0.4, -0.2) is 37.7 Å². The van der Waals surface area contributed by atoms with Crippen LogP contribution in [-0.2, 0) is 14.2 Å². The first kappa shape index (κ1) is 27.3. The molecule has 5 heteroatoms. The summed E-state index contributed by atoms with van der Waals surface area (Å²) in [6.07, 6.45) is 12.4. The van der Waals surface area contributed by atoms with Crippen molar-refractivity contribution in [3.05, 3.63) is 29.8 Å². The zero-order valence-corrected chi connectivity index (χ0v) is 25.3. The van der Waals surface area contributed by atoms with E-state index in [4.69, 9.17) is 18.9 Å². The fourth-order valence-corrected chi connectivity index (χ4v) is 11.3. The third-order valence-corrected chi connectivity index (χ3v) is 13.5. The summed E-state index contributed by atoms with van der Waals surface area (Å²) >= 11 is 0. The van der Waals surface area contributed by atoms with E-state index in [1.54, 1.807) is 7.11 Å². The van der Waals surface area contributed by atoms with Crippen LogP contribution in [0.1, 0.15) is 102 Å². The van der Waals surface area contributed by atoms with Crippen molar-refractivity contribution in [2.24, 2.45) is 52.3 Å². The van der Waals surface area contributed by atoms with Crippen molar-refractivity contribution in [3.8, 4) is 5.75 Å². The predicted octanol–water partition coefficient (Wildman–Crippen LogP) is 7.67. The summed E-state index contributed by atoms with van der Waals surface area (Å²) in [4.78, 5) is 12.9. The van der Waals surface area contributed by atoms with Crippen LogP contribution >= 0.6 is 0 Å². The zero-order chi connectivity index (χ0) is 27.9. The Labute approximate surface area is 241 Å². The molecule has 0 amide bonds. The van der Waals surface area contributed by atoms with Gasteiger partial charge in [0.25, 0.3) is 0 Å². The summed E-state index contributed by atoms with van der Waals surface area (Å²) in [5, 5.41) is 0. The summed E-state index contributed by atoms with van der Waals surface area (Å²) in [6.45, 7) is 10.8. The maximum atomic E-state index is 12.9. The number of benzene rings is 1. The van der Waals surface area contributed by atoms with Crippen LogP contribution < -0.4 is 4.74 Å². The van der Waals surface area contributed by atoms with E-state index in [-0.39, 0.29) is 17.9 Å². The van der Waals surface area contributed by atoms with Gasteiger partial charge in [-0.2, -0.15) is 0 Å². The van der Waals surface area contributed by atoms with E-state index in [1.807, 2.05) is 24.3 Å². The minimum absolute atomic E-state index is 0.0348. The van der Waals surface area contributed by atoms with Crippen LogP contribution in [0.3, 0.4) is 0 Å². The van der Waals surface area contributed by atoms with E-state index in [1.165, 1.54) is 44.9 Å². The first-order valence-corrected chi connectivity index (χ1v) is 16.3. The molecule has 0 bridgehead atoms. The van der Waals surface area contributed by atoms with Crippen LogP contribution in [0.15, 0.2) is 24.3 Å². The van der Waals surface area contributed by atoms with E-state index in [0.29, 0.717) is 46.2 Å². The molecule has 5 nitrogen and oxygen atoms in total. The lowest BCUT2D eigenvalue weighted by Gasteiger charge is -2.61. The number of esters is 1. The first-order valence-electron chi connectivity index (χ1n) is 16.3. The monoisotopic (exact) mass is 550 g/mol. The summed E-state index contributed by atoms with van der Waals surface area (Å²) in [7, 11) is 1.64. The van der Waals surface area contributed by atoms with Crippen molar-refractivity contribution in [2.75, 3.05) is 13.7 Å². The maximum absolute atomic E-state index is 12.9. The van der Waals surface area contributed by atoms with Gasteiger partial charge in [0.05, 0.1) is 25.4 Å². The molecule has 1 aromatic carbocycles. The molecule has 0 unspecified atom stereocenters. The quantitative estimate of drug-likeness (QED) is 0.362. The highest BCUT2D eigenvalue weighted by Crippen LogP contribution is 2.71. The van der Waals surface area contributed by atoms with Crippen LogP contribution in [0.5, 0.6) is 5.75 Å².